The summed E-state index contributed by atoms with van der Waals surface area (Å²) in [4.78, 5) is 12.6. The molecule has 0 spiro atoms. The molecule has 1 heterocycles. The highest BCUT2D eigenvalue weighted by atomic mass is 16.3. The molecule has 1 N–H and O–H groups in total. The molecule has 3 nitrogen and oxygen atoms in total. The van der Waals surface area contributed by atoms with E-state index in [9.17, 15) is 4.79 Å². The topological polar surface area (TPSA) is 40.5 Å². The van der Waals surface area contributed by atoms with Gasteiger partial charge in [-0.25, -0.2) is 0 Å². The Labute approximate surface area is 66.0 Å². The van der Waals surface area contributed by atoms with Gasteiger partial charge in [0.05, 0.1) is 0 Å². The van der Waals surface area contributed by atoms with E-state index in [4.69, 9.17) is 5.11 Å². The van der Waals surface area contributed by atoms with E-state index < -0.39 is 0 Å². The van der Waals surface area contributed by atoms with Crippen LogP contribution in [0.5, 0.6) is 0 Å². The molecule has 0 atom stereocenters. The van der Waals surface area contributed by atoms with Gasteiger partial charge in [0.2, 0.25) is 0 Å². The standard InChI is InChI=1S/C8H11NO2/c1-2-3-8(11)9-4-7(5-9)6-10/h7,10H,4-6H2,1H3. The summed E-state index contributed by atoms with van der Waals surface area (Å²) in [6.45, 7) is 3.12. The van der Waals surface area contributed by atoms with Crippen LogP contribution in [-0.4, -0.2) is 35.6 Å². The van der Waals surface area contributed by atoms with Crippen LogP contribution in [0.15, 0.2) is 0 Å². The maximum Gasteiger partial charge on any atom is 0.298 e. The Morgan fingerprint density at radius 1 is 1.73 bits per heavy atom. The van der Waals surface area contributed by atoms with E-state index in [0.29, 0.717) is 13.1 Å². The number of nitrogens with zero attached hydrogens (tertiary/aromatic N) is 1. The average Bonchev–Trinajstić information content (AvgIpc) is 1.86. The summed E-state index contributed by atoms with van der Waals surface area (Å²) in [7, 11) is 0. The van der Waals surface area contributed by atoms with Crippen molar-refractivity contribution in [2.45, 2.75) is 6.92 Å². The van der Waals surface area contributed by atoms with Gasteiger partial charge in [-0.05, 0) is 12.8 Å². The van der Waals surface area contributed by atoms with Gasteiger partial charge in [0.15, 0.2) is 0 Å². The molecule has 1 amide bonds. The van der Waals surface area contributed by atoms with Crippen LogP contribution in [-0.2, 0) is 4.79 Å². The van der Waals surface area contributed by atoms with Crippen molar-refractivity contribution >= 4 is 5.91 Å². The van der Waals surface area contributed by atoms with Crippen molar-refractivity contribution in [3.05, 3.63) is 0 Å². The van der Waals surface area contributed by atoms with Crippen LogP contribution in [0.25, 0.3) is 0 Å². The van der Waals surface area contributed by atoms with Crippen LogP contribution in [0.3, 0.4) is 0 Å². The van der Waals surface area contributed by atoms with E-state index >= 15 is 0 Å². The van der Waals surface area contributed by atoms with Gasteiger partial charge in [0, 0.05) is 25.6 Å². The molecule has 1 rings (SSSR count). The zero-order chi connectivity index (χ0) is 8.27. The van der Waals surface area contributed by atoms with Crippen molar-refractivity contribution in [1.29, 1.82) is 0 Å². The van der Waals surface area contributed by atoms with Crippen molar-refractivity contribution in [3.8, 4) is 11.8 Å². The van der Waals surface area contributed by atoms with Gasteiger partial charge < -0.3 is 10.0 Å². The van der Waals surface area contributed by atoms with Gasteiger partial charge in [-0.2, -0.15) is 0 Å². The number of carbonyl (C=O) groups is 1. The van der Waals surface area contributed by atoms with Crippen LogP contribution < -0.4 is 0 Å². The summed E-state index contributed by atoms with van der Waals surface area (Å²) in [6, 6.07) is 0. The molecule has 60 valence electrons. The molecule has 0 aromatic carbocycles. The van der Waals surface area contributed by atoms with E-state index in [1.807, 2.05) is 0 Å². The Kier molecular flexibility index (Phi) is 2.50. The number of aliphatic hydroxyl groups excluding tert-OH is 1. The summed E-state index contributed by atoms with van der Waals surface area (Å²) < 4.78 is 0. The van der Waals surface area contributed by atoms with Gasteiger partial charge in [-0.1, -0.05) is 5.92 Å². The minimum absolute atomic E-state index is 0.128. The second kappa shape index (κ2) is 3.40. The van der Waals surface area contributed by atoms with Gasteiger partial charge in [-0.3, -0.25) is 4.79 Å². The van der Waals surface area contributed by atoms with Crippen LogP contribution in [0.2, 0.25) is 0 Å². The van der Waals surface area contributed by atoms with Crippen molar-refractivity contribution in [1.82, 2.24) is 4.90 Å². The number of carbonyl (C=O) groups excluding carboxylic acids is 1. The van der Waals surface area contributed by atoms with E-state index in [1.54, 1.807) is 11.8 Å². The lowest BCUT2D eigenvalue weighted by Crippen LogP contribution is -2.50. The summed E-state index contributed by atoms with van der Waals surface area (Å²) >= 11 is 0. The minimum Gasteiger partial charge on any atom is -0.396 e. The highest BCUT2D eigenvalue weighted by Gasteiger charge is 2.28. The zero-order valence-electron chi connectivity index (χ0n) is 6.50. The molecule has 1 saturated heterocycles. The number of amides is 1. The first-order valence-corrected chi connectivity index (χ1v) is 3.60. The predicted octanol–water partition coefficient (Wildman–Crippen LogP) is -0.540. The highest BCUT2D eigenvalue weighted by molar-refractivity contribution is 5.93. The summed E-state index contributed by atoms with van der Waals surface area (Å²) in [5.41, 5.74) is 0. The fourth-order valence-electron chi connectivity index (χ4n) is 1.04. The molecule has 0 radical (unpaired) electrons. The number of likely N-dealkylation sites (tertiary alicyclic amines) is 1. The highest BCUT2D eigenvalue weighted by Crippen LogP contribution is 2.13. The molecule has 0 aromatic rings. The van der Waals surface area contributed by atoms with Crippen LogP contribution in [0.4, 0.5) is 0 Å². The molecule has 0 aromatic heterocycles. The Hall–Kier alpha value is -1.01. The molecule has 1 aliphatic rings. The van der Waals surface area contributed by atoms with Gasteiger partial charge >= 0.3 is 0 Å². The Balaban J connectivity index is 2.30. The first-order valence-electron chi connectivity index (χ1n) is 3.60. The van der Waals surface area contributed by atoms with E-state index in [0.717, 1.165) is 0 Å². The molecule has 1 aliphatic heterocycles. The average molecular weight is 153 g/mol. The lowest BCUT2D eigenvalue weighted by Gasteiger charge is -2.36. The summed E-state index contributed by atoms with van der Waals surface area (Å²) in [5.74, 6) is 5.14. The Morgan fingerprint density at radius 3 is 2.82 bits per heavy atom. The van der Waals surface area contributed by atoms with E-state index in [-0.39, 0.29) is 18.4 Å². The molecule has 11 heavy (non-hydrogen) atoms. The van der Waals surface area contributed by atoms with E-state index in [2.05, 4.69) is 11.8 Å². The third-order valence-corrected chi connectivity index (χ3v) is 1.73. The largest absolute Gasteiger partial charge is 0.396 e. The first kappa shape index (κ1) is 8.09. The number of hydrogen-bond acceptors (Lipinski definition) is 2. The van der Waals surface area contributed by atoms with Gasteiger partial charge in [0.25, 0.3) is 5.91 Å². The van der Waals surface area contributed by atoms with Crippen molar-refractivity contribution in [3.63, 3.8) is 0 Å². The number of aliphatic hydroxyl groups is 1. The van der Waals surface area contributed by atoms with E-state index in [1.165, 1.54) is 0 Å². The fraction of sp³-hybridized carbons (Fsp3) is 0.625. The third-order valence-electron chi connectivity index (χ3n) is 1.73. The summed E-state index contributed by atoms with van der Waals surface area (Å²) in [5, 5.41) is 8.64. The normalized spacial score (nSPS) is 16.7. The Bertz CT molecular complexity index is 208. The molecular weight excluding hydrogens is 142 g/mol. The molecule has 0 unspecified atom stereocenters. The second-order valence-electron chi connectivity index (χ2n) is 2.63. The van der Waals surface area contributed by atoms with Crippen molar-refractivity contribution in [2.24, 2.45) is 5.92 Å². The third kappa shape index (κ3) is 1.72. The van der Waals surface area contributed by atoms with Gasteiger partial charge in [0.1, 0.15) is 0 Å². The quantitative estimate of drug-likeness (QED) is 0.514. The second-order valence-corrected chi connectivity index (χ2v) is 2.63. The van der Waals surface area contributed by atoms with Crippen LogP contribution in [0.1, 0.15) is 6.92 Å². The number of rotatable bonds is 1. The fourth-order valence-corrected chi connectivity index (χ4v) is 1.04. The first-order chi connectivity index (χ1) is 5.27. The predicted molar refractivity (Wildman–Crippen MR) is 40.6 cm³/mol. The smallest absolute Gasteiger partial charge is 0.298 e. The van der Waals surface area contributed by atoms with Crippen LogP contribution >= 0.6 is 0 Å². The van der Waals surface area contributed by atoms with Crippen molar-refractivity contribution < 1.29 is 9.90 Å². The minimum atomic E-state index is -0.128. The van der Waals surface area contributed by atoms with Gasteiger partial charge in [-0.15, -0.1) is 0 Å². The number of hydrogen-bond donors (Lipinski definition) is 1. The summed E-state index contributed by atoms with van der Waals surface area (Å²) in [6.07, 6.45) is 0. The molecule has 0 bridgehead atoms. The molecule has 0 aliphatic carbocycles. The Morgan fingerprint density at radius 2 is 2.36 bits per heavy atom. The maximum atomic E-state index is 11.0. The molecule has 0 saturated carbocycles. The molecule has 1 fully saturated rings. The maximum absolute atomic E-state index is 11.0. The van der Waals surface area contributed by atoms with Crippen LogP contribution in [0, 0.1) is 17.8 Å². The monoisotopic (exact) mass is 153 g/mol. The lowest BCUT2D eigenvalue weighted by atomic mass is 10.0. The molecule has 3 heteroatoms. The zero-order valence-corrected chi connectivity index (χ0v) is 6.50. The van der Waals surface area contributed by atoms with Crippen molar-refractivity contribution in [2.75, 3.05) is 19.7 Å². The SMILES string of the molecule is CC#CC(=O)N1CC(CO)C1. The molecular formula is C8H11NO2. The lowest BCUT2D eigenvalue weighted by molar-refractivity contribution is -0.131.